The third-order valence-corrected chi connectivity index (χ3v) is 4.79. The molecule has 29 heavy (non-hydrogen) atoms. The molecule has 0 atom stereocenters. The fraction of sp³-hybridized carbons (Fsp3) is 0.364. The van der Waals surface area contributed by atoms with Crippen LogP contribution in [-0.4, -0.2) is 49.0 Å². The van der Waals surface area contributed by atoms with E-state index in [0.717, 1.165) is 13.1 Å². The van der Waals surface area contributed by atoms with Gasteiger partial charge in [-0.2, -0.15) is 0 Å². The molecule has 1 saturated carbocycles. The van der Waals surface area contributed by atoms with E-state index >= 15 is 0 Å². The Morgan fingerprint density at radius 1 is 1.14 bits per heavy atom. The van der Waals surface area contributed by atoms with Crippen molar-refractivity contribution in [3.05, 3.63) is 59.9 Å². The molecular weight excluding hydrogens is 373 g/mol. The molecule has 2 aromatic rings. The second-order valence-corrected chi connectivity index (χ2v) is 6.93. The van der Waals surface area contributed by atoms with Crippen LogP contribution in [-0.2, 0) is 4.79 Å². The molecule has 1 aliphatic rings. The maximum Gasteiger partial charge on any atom is 0.262 e. The number of rotatable bonds is 10. The highest BCUT2D eigenvalue weighted by atomic mass is 19.1. The third kappa shape index (κ3) is 6.02. The standard InChI is InChI=1S/C22H26FN3O3/c1-2-26(16-11-12-16)14-13-24-22(28)17-7-3-6-10-20(17)29-15-21(27)25-19-9-5-4-8-18(19)23/h3-10,16H,2,11-15H2,1H3,(H,24,28)(H,25,27). The second-order valence-electron chi connectivity index (χ2n) is 6.93. The molecule has 0 aromatic heterocycles. The van der Waals surface area contributed by atoms with E-state index in [1.807, 2.05) is 0 Å². The third-order valence-electron chi connectivity index (χ3n) is 4.79. The Kier molecular flexibility index (Phi) is 7.19. The maximum absolute atomic E-state index is 13.6. The van der Waals surface area contributed by atoms with Gasteiger partial charge in [0.2, 0.25) is 0 Å². The average molecular weight is 399 g/mol. The minimum absolute atomic E-state index is 0.0864. The molecule has 6 nitrogen and oxygen atoms in total. The van der Waals surface area contributed by atoms with Crippen LogP contribution in [0.2, 0.25) is 0 Å². The summed E-state index contributed by atoms with van der Waals surface area (Å²) in [5.74, 6) is -0.966. The Hall–Kier alpha value is -2.93. The van der Waals surface area contributed by atoms with Crippen LogP contribution < -0.4 is 15.4 Å². The number of hydrogen-bond donors (Lipinski definition) is 2. The summed E-state index contributed by atoms with van der Waals surface area (Å²) >= 11 is 0. The number of carbonyl (C=O) groups excluding carboxylic acids is 2. The summed E-state index contributed by atoms with van der Waals surface area (Å²) in [6.07, 6.45) is 2.46. The first kappa shape index (κ1) is 20.8. The van der Waals surface area contributed by atoms with E-state index in [1.54, 1.807) is 36.4 Å². The molecule has 0 heterocycles. The zero-order chi connectivity index (χ0) is 20.6. The molecule has 2 N–H and O–H groups in total. The van der Waals surface area contributed by atoms with Crippen molar-refractivity contribution in [2.75, 3.05) is 31.6 Å². The summed E-state index contributed by atoms with van der Waals surface area (Å²) in [7, 11) is 0. The molecule has 7 heteroatoms. The molecule has 0 unspecified atom stereocenters. The number of nitrogens with zero attached hydrogens (tertiary/aromatic N) is 1. The first-order chi connectivity index (χ1) is 14.1. The van der Waals surface area contributed by atoms with E-state index in [4.69, 9.17) is 4.74 Å². The fourth-order valence-corrected chi connectivity index (χ4v) is 3.12. The number of hydrogen-bond acceptors (Lipinski definition) is 4. The highest BCUT2D eigenvalue weighted by molar-refractivity contribution is 5.97. The van der Waals surface area contributed by atoms with Crippen LogP contribution in [0.15, 0.2) is 48.5 Å². The molecule has 0 radical (unpaired) electrons. The van der Waals surface area contributed by atoms with Gasteiger partial charge in [0.25, 0.3) is 11.8 Å². The normalized spacial score (nSPS) is 13.2. The maximum atomic E-state index is 13.6. The van der Waals surface area contributed by atoms with Gasteiger partial charge in [0.1, 0.15) is 11.6 Å². The van der Waals surface area contributed by atoms with Gasteiger partial charge in [0, 0.05) is 19.1 Å². The van der Waals surface area contributed by atoms with Gasteiger partial charge in [0.15, 0.2) is 6.61 Å². The van der Waals surface area contributed by atoms with Gasteiger partial charge in [-0.3, -0.25) is 14.5 Å². The Morgan fingerprint density at radius 3 is 2.59 bits per heavy atom. The summed E-state index contributed by atoms with van der Waals surface area (Å²) in [6, 6.07) is 13.3. The Balaban J connectivity index is 1.52. The van der Waals surface area contributed by atoms with Crippen molar-refractivity contribution in [3.8, 4) is 5.75 Å². The highest BCUT2D eigenvalue weighted by Crippen LogP contribution is 2.26. The minimum Gasteiger partial charge on any atom is -0.483 e. The van der Waals surface area contributed by atoms with Crippen molar-refractivity contribution in [2.45, 2.75) is 25.8 Å². The molecule has 1 fully saturated rings. The first-order valence-electron chi connectivity index (χ1n) is 9.87. The summed E-state index contributed by atoms with van der Waals surface area (Å²) in [5, 5.41) is 5.36. The Bertz CT molecular complexity index is 855. The van der Waals surface area contributed by atoms with Crippen LogP contribution in [0, 0.1) is 5.82 Å². The lowest BCUT2D eigenvalue weighted by Crippen LogP contribution is -2.36. The lowest BCUT2D eigenvalue weighted by Gasteiger charge is -2.20. The van der Waals surface area contributed by atoms with E-state index in [1.165, 1.54) is 25.0 Å². The highest BCUT2D eigenvalue weighted by Gasteiger charge is 2.27. The Labute approximate surface area is 170 Å². The summed E-state index contributed by atoms with van der Waals surface area (Å²) in [6.45, 7) is 4.11. The van der Waals surface area contributed by atoms with Crippen molar-refractivity contribution >= 4 is 17.5 Å². The molecule has 0 bridgehead atoms. The van der Waals surface area contributed by atoms with Gasteiger partial charge in [-0.1, -0.05) is 31.2 Å². The van der Waals surface area contributed by atoms with Crippen LogP contribution in [0.5, 0.6) is 5.75 Å². The van der Waals surface area contributed by atoms with Crippen molar-refractivity contribution in [3.63, 3.8) is 0 Å². The van der Waals surface area contributed by atoms with Gasteiger partial charge < -0.3 is 15.4 Å². The lowest BCUT2D eigenvalue weighted by molar-refractivity contribution is -0.118. The quantitative estimate of drug-likeness (QED) is 0.644. The number of anilines is 1. The van der Waals surface area contributed by atoms with Crippen LogP contribution in [0.4, 0.5) is 10.1 Å². The van der Waals surface area contributed by atoms with Crippen LogP contribution in [0.1, 0.15) is 30.1 Å². The number of carbonyl (C=O) groups is 2. The number of nitrogens with one attached hydrogen (secondary N) is 2. The zero-order valence-corrected chi connectivity index (χ0v) is 16.5. The number of ether oxygens (including phenoxy) is 1. The van der Waals surface area contributed by atoms with Crippen molar-refractivity contribution in [1.82, 2.24) is 10.2 Å². The summed E-state index contributed by atoms with van der Waals surface area (Å²) in [5.41, 5.74) is 0.448. The van der Waals surface area contributed by atoms with E-state index in [9.17, 15) is 14.0 Å². The average Bonchev–Trinajstić information content (AvgIpc) is 3.57. The van der Waals surface area contributed by atoms with Gasteiger partial charge >= 0.3 is 0 Å². The largest absolute Gasteiger partial charge is 0.483 e. The molecule has 1 aliphatic carbocycles. The van der Waals surface area contributed by atoms with E-state index in [0.29, 0.717) is 23.9 Å². The predicted octanol–water partition coefficient (Wildman–Crippen LogP) is 3.06. The van der Waals surface area contributed by atoms with Crippen LogP contribution in [0.25, 0.3) is 0 Å². The van der Waals surface area contributed by atoms with E-state index in [2.05, 4.69) is 22.5 Å². The molecule has 2 aromatic carbocycles. The minimum atomic E-state index is -0.520. The van der Waals surface area contributed by atoms with E-state index < -0.39 is 11.7 Å². The number of amides is 2. The van der Waals surface area contributed by atoms with E-state index in [-0.39, 0.29) is 18.2 Å². The molecule has 0 spiro atoms. The van der Waals surface area contributed by atoms with Gasteiger partial charge in [-0.15, -0.1) is 0 Å². The second kappa shape index (κ2) is 10.0. The summed E-state index contributed by atoms with van der Waals surface area (Å²) < 4.78 is 19.1. The van der Waals surface area contributed by atoms with Crippen molar-refractivity contribution in [2.24, 2.45) is 0 Å². The fourth-order valence-electron chi connectivity index (χ4n) is 3.12. The Morgan fingerprint density at radius 2 is 1.86 bits per heavy atom. The molecule has 3 rings (SSSR count). The topological polar surface area (TPSA) is 70.7 Å². The number of benzene rings is 2. The number of para-hydroxylation sites is 2. The first-order valence-corrected chi connectivity index (χ1v) is 9.87. The smallest absolute Gasteiger partial charge is 0.262 e. The zero-order valence-electron chi connectivity index (χ0n) is 16.5. The SMILES string of the molecule is CCN(CCNC(=O)c1ccccc1OCC(=O)Nc1ccccc1F)C1CC1. The van der Waals surface area contributed by atoms with Crippen LogP contribution >= 0.6 is 0 Å². The molecule has 0 saturated heterocycles. The van der Waals surface area contributed by atoms with Gasteiger partial charge in [-0.05, 0) is 43.7 Å². The molecule has 154 valence electrons. The number of halogens is 1. The number of likely N-dealkylation sites (N-methyl/N-ethyl adjacent to an activating group) is 1. The molecule has 2 amide bonds. The van der Waals surface area contributed by atoms with Gasteiger partial charge in [-0.25, -0.2) is 4.39 Å². The molecule has 0 aliphatic heterocycles. The predicted molar refractivity (Wildman–Crippen MR) is 110 cm³/mol. The van der Waals surface area contributed by atoms with Gasteiger partial charge in [0.05, 0.1) is 11.3 Å². The lowest BCUT2D eigenvalue weighted by atomic mass is 10.2. The summed E-state index contributed by atoms with van der Waals surface area (Å²) in [4.78, 5) is 27.0. The monoisotopic (exact) mass is 399 g/mol. The van der Waals surface area contributed by atoms with Crippen molar-refractivity contribution < 1.29 is 18.7 Å². The molecular formula is C22H26FN3O3. The van der Waals surface area contributed by atoms with Crippen LogP contribution in [0.3, 0.4) is 0 Å². The van der Waals surface area contributed by atoms with Crippen molar-refractivity contribution in [1.29, 1.82) is 0 Å².